The van der Waals surface area contributed by atoms with Crippen LogP contribution in [0.25, 0.3) is 0 Å². The molecule has 0 radical (unpaired) electrons. The smallest absolute Gasteiger partial charge is 0.324 e. The number of carbonyl (C=O) groups excluding carboxylic acids is 2. The fourth-order valence-corrected chi connectivity index (χ4v) is 5.93. The van der Waals surface area contributed by atoms with Gasteiger partial charge in [0, 0.05) is 16.3 Å². The van der Waals surface area contributed by atoms with Crippen LogP contribution in [0.2, 0.25) is 10.0 Å². The second kappa shape index (κ2) is 8.15. The third-order valence-electron chi connectivity index (χ3n) is 7.70. The summed E-state index contributed by atoms with van der Waals surface area (Å²) in [7, 11) is 0. The molecule has 0 saturated heterocycles. The molecular formula is C24H23BrCl2N2O3. The molecule has 2 aromatic rings. The molecule has 1 amide bonds. The van der Waals surface area contributed by atoms with Crippen molar-refractivity contribution in [1.82, 2.24) is 0 Å². The van der Waals surface area contributed by atoms with Crippen molar-refractivity contribution >= 4 is 62.4 Å². The van der Waals surface area contributed by atoms with Crippen molar-refractivity contribution in [3.63, 3.8) is 0 Å². The Hall–Kier alpha value is -1.89. The molecule has 4 rings (SSSR count). The van der Waals surface area contributed by atoms with E-state index in [4.69, 9.17) is 28.0 Å². The number of carbonyl (C=O) groups is 2. The number of halogens is 3. The first kappa shape index (κ1) is 23.3. The number of fused-ring (bicyclic) bond motifs is 2. The Labute approximate surface area is 205 Å². The summed E-state index contributed by atoms with van der Waals surface area (Å²) in [5.74, 6) is -0.670. The van der Waals surface area contributed by atoms with Crippen molar-refractivity contribution in [1.29, 1.82) is 0 Å². The molecule has 0 spiro atoms. The molecule has 0 aromatic heterocycles. The Morgan fingerprint density at radius 3 is 2.50 bits per heavy atom. The van der Waals surface area contributed by atoms with Gasteiger partial charge in [0.2, 0.25) is 5.91 Å². The maximum absolute atomic E-state index is 13.6. The highest BCUT2D eigenvalue weighted by Crippen LogP contribution is 2.71. The summed E-state index contributed by atoms with van der Waals surface area (Å²) >= 11 is 15.8. The van der Waals surface area contributed by atoms with Crippen LogP contribution in [0, 0.1) is 16.2 Å². The van der Waals surface area contributed by atoms with Gasteiger partial charge >= 0.3 is 5.97 Å². The zero-order valence-corrected chi connectivity index (χ0v) is 21.1. The van der Waals surface area contributed by atoms with Gasteiger partial charge < -0.3 is 10.2 Å². The average molecular weight is 538 g/mol. The summed E-state index contributed by atoms with van der Waals surface area (Å²) in [6.07, 6.45) is 1.88. The van der Waals surface area contributed by atoms with Crippen molar-refractivity contribution in [2.24, 2.45) is 21.4 Å². The predicted octanol–water partition coefficient (Wildman–Crippen LogP) is 7.12. The fourth-order valence-electron chi connectivity index (χ4n) is 5.14. The zero-order chi connectivity index (χ0) is 23.3. The first-order valence-electron chi connectivity index (χ1n) is 10.3. The van der Waals surface area contributed by atoms with Gasteiger partial charge in [-0.05, 0) is 58.5 Å². The minimum absolute atomic E-state index is 0.127. The largest absolute Gasteiger partial charge is 0.366 e. The number of nitrogens with one attached hydrogen (secondary N) is 1. The zero-order valence-electron chi connectivity index (χ0n) is 18.0. The van der Waals surface area contributed by atoms with Crippen molar-refractivity contribution in [3.05, 3.63) is 62.5 Å². The van der Waals surface area contributed by atoms with Crippen LogP contribution in [0.5, 0.6) is 0 Å². The van der Waals surface area contributed by atoms with Gasteiger partial charge in [0.05, 0.1) is 32.4 Å². The molecule has 2 bridgehead atoms. The summed E-state index contributed by atoms with van der Waals surface area (Å²) in [6.45, 7) is 6.25. The van der Waals surface area contributed by atoms with E-state index >= 15 is 0 Å². The van der Waals surface area contributed by atoms with Crippen LogP contribution in [0.15, 0.2) is 52.1 Å². The molecule has 2 saturated carbocycles. The predicted molar refractivity (Wildman–Crippen MR) is 130 cm³/mol. The minimum Gasteiger partial charge on any atom is -0.324 e. The van der Waals surface area contributed by atoms with E-state index in [1.807, 2.05) is 6.07 Å². The van der Waals surface area contributed by atoms with Crippen LogP contribution in [0.4, 0.5) is 5.69 Å². The summed E-state index contributed by atoms with van der Waals surface area (Å²) in [6, 6.07) is 12.2. The average Bonchev–Trinajstić information content (AvgIpc) is 3.06. The topological polar surface area (TPSA) is 67.8 Å². The lowest BCUT2D eigenvalue weighted by Gasteiger charge is -2.39. The maximum Gasteiger partial charge on any atom is 0.366 e. The molecule has 0 heterocycles. The molecule has 5 nitrogen and oxygen atoms in total. The number of hydrogen-bond acceptors (Lipinski definition) is 4. The summed E-state index contributed by atoms with van der Waals surface area (Å²) in [5.41, 5.74) is 0.110. The number of oxime groups is 1. The van der Waals surface area contributed by atoms with E-state index in [0.29, 0.717) is 38.6 Å². The van der Waals surface area contributed by atoms with Gasteiger partial charge in [0.25, 0.3) is 0 Å². The van der Waals surface area contributed by atoms with Crippen LogP contribution in [-0.4, -0.2) is 17.6 Å². The van der Waals surface area contributed by atoms with E-state index in [0.717, 1.165) is 12.1 Å². The number of amides is 1. The quantitative estimate of drug-likeness (QED) is 0.333. The van der Waals surface area contributed by atoms with Crippen LogP contribution in [0.1, 0.15) is 50.4 Å². The molecule has 2 unspecified atom stereocenters. The monoisotopic (exact) mass is 536 g/mol. The van der Waals surface area contributed by atoms with E-state index in [1.54, 1.807) is 36.4 Å². The summed E-state index contributed by atoms with van der Waals surface area (Å²) < 4.78 is 0.638. The van der Waals surface area contributed by atoms with E-state index in [2.05, 4.69) is 47.2 Å². The third-order valence-corrected chi connectivity index (χ3v) is 9.21. The van der Waals surface area contributed by atoms with Gasteiger partial charge in [-0.3, -0.25) is 4.79 Å². The van der Waals surface area contributed by atoms with E-state index < -0.39 is 16.8 Å². The molecule has 2 aromatic carbocycles. The number of benzene rings is 2. The highest BCUT2D eigenvalue weighted by Gasteiger charge is 2.71. The van der Waals surface area contributed by atoms with Gasteiger partial charge in [-0.1, -0.05) is 67.3 Å². The van der Waals surface area contributed by atoms with Crippen molar-refractivity contribution < 1.29 is 14.4 Å². The van der Waals surface area contributed by atoms with Crippen LogP contribution < -0.4 is 5.32 Å². The molecule has 32 heavy (non-hydrogen) atoms. The number of hydrogen-bond donors (Lipinski definition) is 1. The minimum atomic E-state index is -0.702. The highest BCUT2D eigenvalue weighted by atomic mass is 79.9. The van der Waals surface area contributed by atoms with Gasteiger partial charge in [-0.25, -0.2) is 4.79 Å². The Morgan fingerprint density at radius 2 is 1.78 bits per heavy atom. The summed E-state index contributed by atoms with van der Waals surface area (Å²) in [4.78, 5) is 31.5. The van der Waals surface area contributed by atoms with Crippen LogP contribution in [-0.2, 0) is 9.63 Å². The Balaban J connectivity index is 1.62. The van der Waals surface area contributed by atoms with Crippen molar-refractivity contribution in [2.45, 2.75) is 40.0 Å². The second-order valence-electron chi connectivity index (χ2n) is 9.17. The molecule has 168 valence electrons. The van der Waals surface area contributed by atoms with E-state index in [9.17, 15) is 9.59 Å². The highest BCUT2D eigenvalue weighted by molar-refractivity contribution is 9.10. The molecule has 2 fully saturated rings. The molecule has 2 aliphatic rings. The maximum atomic E-state index is 13.6. The Kier molecular flexibility index (Phi) is 5.93. The first-order valence-corrected chi connectivity index (χ1v) is 11.9. The van der Waals surface area contributed by atoms with Crippen molar-refractivity contribution in [3.8, 4) is 0 Å². The Bertz CT molecular complexity index is 1150. The standard InChI is InChI=1S/C24H23BrCl2N2O3/c1-22(2)23(3)11-12-24(22,21(31)28-17-10-6-9-16(26)19(17)27)13-18(23)29-32-20(30)14-7-4-5-8-15(14)25/h4-10H,11-13H2,1-3H3,(H,28,31)/b29-18+. The first-order chi connectivity index (χ1) is 15.0. The lowest BCUT2D eigenvalue weighted by atomic mass is 9.64. The van der Waals surface area contributed by atoms with Crippen LogP contribution in [0.3, 0.4) is 0 Å². The molecule has 8 heteroatoms. The van der Waals surface area contributed by atoms with Crippen LogP contribution >= 0.6 is 39.1 Å². The molecule has 2 atom stereocenters. The second-order valence-corrected chi connectivity index (χ2v) is 10.8. The molecule has 0 aliphatic heterocycles. The van der Waals surface area contributed by atoms with Gasteiger partial charge in [-0.2, -0.15) is 0 Å². The SMILES string of the molecule is CC12CCC(C(=O)Nc3cccc(Cl)c3Cl)(C/C1=N\OC(=O)c1ccccc1Br)C2(C)C. The lowest BCUT2D eigenvalue weighted by molar-refractivity contribution is -0.130. The molecule has 1 N–H and O–H groups in total. The lowest BCUT2D eigenvalue weighted by Crippen LogP contribution is -2.43. The number of nitrogens with zero attached hydrogens (tertiary/aromatic N) is 1. The molecular weight excluding hydrogens is 515 g/mol. The number of anilines is 1. The van der Waals surface area contributed by atoms with Gasteiger partial charge in [0.15, 0.2) is 0 Å². The third kappa shape index (κ3) is 3.39. The van der Waals surface area contributed by atoms with Gasteiger partial charge in [0.1, 0.15) is 0 Å². The molecule has 2 aliphatic carbocycles. The normalized spacial score (nSPS) is 26.9. The van der Waals surface area contributed by atoms with E-state index in [1.165, 1.54) is 0 Å². The van der Waals surface area contributed by atoms with Crippen molar-refractivity contribution in [2.75, 3.05) is 5.32 Å². The summed E-state index contributed by atoms with van der Waals surface area (Å²) in [5, 5.41) is 7.95. The number of rotatable bonds is 4. The fraction of sp³-hybridized carbons (Fsp3) is 0.375. The Morgan fingerprint density at radius 1 is 1.06 bits per heavy atom. The van der Waals surface area contributed by atoms with E-state index in [-0.39, 0.29) is 11.3 Å². The van der Waals surface area contributed by atoms with Gasteiger partial charge in [-0.15, -0.1) is 0 Å².